The maximum Gasteiger partial charge on any atom is 0.338 e. The van der Waals surface area contributed by atoms with Gasteiger partial charge in [-0.3, -0.25) is 14.9 Å². The van der Waals surface area contributed by atoms with Crippen LogP contribution in [0.3, 0.4) is 0 Å². The largest absolute Gasteiger partial charge is 0.452 e. The average Bonchev–Trinajstić information content (AvgIpc) is 2.55. The Kier molecular flexibility index (Phi) is 5.67. The third kappa shape index (κ3) is 4.77. The number of esters is 1. The Labute approximate surface area is 134 Å². The van der Waals surface area contributed by atoms with Crippen LogP contribution < -0.4 is 5.32 Å². The molecule has 1 N–H and O–H groups in total. The molecule has 1 aliphatic rings. The van der Waals surface area contributed by atoms with Gasteiger partial charge in [0, 0.05) is 18.2 Å². The molecule has 0 heterocycles. The molecule has 0 spiro atoms. The minimum atomic E-state index is -0.674. The Morgan fingerprint density at radius 3 is 2.52 bits per heavy atom. The van der Waals surface area contributed by atoms with Gasteiger partial charge in [-0.05, 0) is 30.9 Å². The van der Waals surface area contributed by atoms with Crippen molar-refractivity contribution in [1.82, 2.24) is 5.32 Å². The second-order valence-electron chi connectivity index (χ2n) is 5.82. The van der Waals surface area contributed by atoms with E-state index in [1.165, 1.54) is 30.7 Å². The third-order valence-corrected chi connectivity index (χ3v) is 4.11. The molecule has 2 atom stereocenters. The molecule has 1 aromatic rings. The summed E-state index contributed by atoms with van der Waals surface area (Å²) in [5, 5.41) is 13.4. The highest BCUT2D eigenvalue weighted by molar-refractivity contribution is 5.91. The van der Waals surface area contributed by atoms with Crippen LogP contribution in [0, 0.1) is 16.0 Å². The molecule has 0 unspecified atom stereocenters. The summed E-state index contributed by atoms with van der Waals surface area (Å²) in [5.41, 5.74) is 0.0695. The number of nitro benzene ring substituents is 1. The van der Waals surface area contributed by atoms with Gasteiger partial charge < -0.3 is 10.1 Å². The summed E-state index contributed by atoms with van der Waals surface area (Å²) in [5.74, 6) is -0.566. The van der Waals surface area contributed by atoms with E-state index in [2.05, 4.69) is 12.2 Å². The lowest BCUT2D eigenvalue weighted by molar-refractivity contribution is -0.384. The summed E-state index contributed by atoms with van der Waals surface area (Å²) in [6, 6.07) is 5.19. The van der Waals surface area contributed by atoms with Crippen molar-refractivity contribution in [1.29, 1.82) is 0 Å². The van der Waals surface area contributed by atoms with E-state index in [4.69, 9.17) is 4.74 Å². The Morgan fingerprint density at radius 1 is 1.26 bits per heavy atom. The fourth-order valence-electron chi connectivity index (χ4n) is 2.71. The molecule has 2 rings (SSSR count). The minimum absolute atomic E-state index is 0.106. The second kappa shape index (κ2) is 7.71. The first-order valence-corrected chi connectivity index (χ1v) is 7.68. The summed E-state index contributed by atoms with van der Waals surface area (Å²) in [4.78, 5) is 33.7. The lowest BCUT2D eigenvalue weighted by Crippen LogP contribution is -2.42. The normalized spacial score (nSPS) is 20.6. The molecular weight excluding hydrogens is 300 g/mol. The smallest absolute Gasteiger partial charge is 0.338 e. The second-order valence-corrected chi connectivity index (χ2v) is 5.82. The van der Waals surface area contributed by atoms with Gasteiger partial charge >= 0.3 is 5.97 Å². The fraction of sp³-hybridized carbons (Fsp3) is 0.500. The van der Waals surface area contributed by atoms with Crippen molar-refractivity contribution in [3.63, 3.8) is 0 Å². The van der Waals surface area contributed by atoms with Crippen molar-refractivity contribution >= 4 is 17.6 Å². The number of rotatable bonds is 5. The van der Waals surface area contributed by atoms with E-state index < -0.39 is 10.9 Å². The van der Waals surface area contributed by atoms with Crippen LogP contribution in [0.5, 0.6) is 0 Å². The van der Waals surface area contributed by atoms with Gasteiger partial charge in [0.2, 0.25) is 0 Å². The van der Waals surface area contributed by atoms with E-state index in [-0.39, 0.29) is 29.8 Å². The number of nitrogens with one attached hydrogen (secondary N) is 1. The molecule has 23 heavy (non-hydrogen) atoms. The molecule has 1 fully saturated rings. The molecule has 1 aromatic carbocycles. The van der Waals surface area contributed by atoms with E-state index in [1.807, 2.05) is 0 Å². The first kappa shape index (κ1) is 16.9. The maximum atomic E-state index is 11.9. The molecule has 1 amide bonds. The number of carbonyl (C=O) groups is 2. The van der Waals surface area contributed by atoms with E-state index in [1.54, 1.807) is 0 Å². The number of hydrogen-bond acceptors (Lipinski definition) is 5. The topological polar surface area (TPSA) is 98.5 Å². The summed E-state index contributed by atoms with van der Waals surface area (Å²) < 4.78 is 4.95. The lowest BCUT2D eigenvalue weighted by Gasteiger charge is -2.29. The molecule has 0 bridgehead atoms. The summed E-state index contributed by atoms with van der Waals surface area (Å²) >= 11 is 0. The number of nitrogens with zero attached hydrogens (tertiary/aromatic N) is 1. The first-order valence-electron chi connectivity index (χ1n) is 7.68. The number of ether oxygens (including phenoxy) is 1. The van der Waals surface area contributed by atoms with E-state index in [0.29, 0.717) is 5.92 Å². The Bertz CT molecular complexity index is 585. The number of nitro groups is 1. The van der Waals surface area contributed by atoms with Crippen LogP contribution >= 0.6 is 0 Å². The van der Waals surface area contributed by atoms with Crippen LogP contribution in [0.15, 0.2) is 24.3 Å². The highest BCUT2D eigenvalue weighted by Gasteiger charge is 2.23. The van der Waals surface area contributed by atoms with Gasteiger partial charge in [-0.15, -0.1) is 0 Å². The lowest BCUT2D eigenvalue weighted by atomic mass is 9.86. The number of hydrogen-bond donors (Lipinski definition) is 1. The van der Waals surface area contributed by atoms with Crippen molar-refractivity contribution in [2.24, 2.45) is 5.92 Å². The van der Waals surface area contributed by atoms with Crippen molar-refractivity contribution in [2.75, 3.05) is 6.61 Å². The van der Waals surface area contributed by atoms with Crippen LogP contribution in [0.4, 0.5) is 5.69 Å². The van der Waals surface area contributed by atoms with Crippen molar-refractivity contribution in [3.05, 3.63) is 39.9 Å². The highest BCUT2D eigenvalue weighted by Crippen LogP contribution is 2.23. The Hall–Kier alpha value is -2.44. The number of non-ortho nitro benzene ring substituents is 1. The highest BCUT2D eigenvalue weighted by atomic mass is 16.6. The summed E-state index contributed by atoms with van der Waals surface area (Å²) in [6.45, 7) is 1.76. The number of carbonyl (C=O) groups excluding carboxylic acids is 2. The summed E-state index contributed by atoms with van der Waals surface area (Å²) in [7, 11) is 0. The van der Waals surface area contributed by atoms with Crippen molar-refractivity contribution in [2.45, 2.75) is 38.6 Å². The van der Waals surface area contributed by atoms with Gasteiger partial charge in [0.05, 0.1) is 10.5 Å². The predicted octanol–water partition coefficient (Wildman–Crippen LogP) is 2.45. The Morgan fingerprint density at radius 2 is 1.91 bits per heavy atom. The van der Waals surface area contributed by atoms with Gasteiger partial charge in [-0.25, -0.2) is 4.79 Å². The molecule has 7 heteroatoms. The van der Waals surface area contributed by atoms with Crippen LogP contribution in [-0.2, 0) is 9.53 Å². The van der Waals surface area contributed by atoms with Gasteiger partial charge in [0.1, 0.15) is 0 Å². The van der Waals surface area contributed by atoms with Crippen LogP contribution in [0.25, 0.3) is 0 Å². The number of benzene rings is 1. The quantitative estimate of drug-likeness (QED) is 0.510. The van der Waals surface area contributed by atoms with E-state index in [9.17, 15) is 19.7 Å². The monoisotopic (exact) mass is 320 g/mol. The SMILES string of the molecule is C[C@H]1CCCC[C@H]1NC(=O)COC(=O)c1ccc([N+](=O)[O-])cc1. The zero-order valence-corrected chi connectivity index (χ0v) is 13.0. The molecule has 1 saturated carbocycles. The average molecular weight is 320 g/mol. The maximum absolute atomic E-state index is 11.9. The number of amides is 1. The van der Waals surface area contributed by atoms with Crippen LogP contribution in [0.1, 0.15) is 43.0 Å². The predicted molar refractivity (Wildman–Crippen MR) is 82.9 cm³/mol. The molecule has 0 aliphatic heterocycles. The van der Waals surface area contributed by atoms with Crippen LogP contribution in [0.2, 0.25) is 0 Å². The molecule has 1 aliphatic carbocycles. The van der Waals surface area contributed by atoms with E-state index in [0.717, 1.165) is 19.3 Å². The molecule has 124 valence electrons. The Balaban J connectivity index is 1.81. The van der Waals surface area contributed by atoms with Crippen molar-refractivity contribution < 1.29 is 19.2 Å². The standard InChI is InChI=1S/C16H20N2O5/c1-11-4-2-3-5-14(11)17-15(19)10-23-16(20)12-6-8-13(9-7-12)18(21)22/h6-9,11,14H,2-5,10H2,1H3,(H,17,19)/t11-,14+/m0/s1. The minimum Gasteiger partial charge on any atom is -0.452 e. The first-order chi connectivity index (χ1) is 11.0. The van der Waals surface area contributed by atoms with Crippen LogP contribution in [-0.4, -0.2) is 29.4 Å². The van der Waals surface area contributed by atoms with Gasteiger partial charge in [0.25, 0.3) is 11.6 Å². The molecular formula is C16H20N2O5. The van der Waals surface area contributed by atoms with Gasteiger partial charge in [-0.1, -0.05) is 19.8 Å². The molecule has 0 aromatic heterocycles. The molecule has 0 radical (unpaired) electrons. The zero-order valence-electron chi connectivity index (χ0n) is 13.0. The van der Waals surface area contributed by atoms with Gasteiger partial charge in [-0.2, -0.15) is 0 Å². The summed E-state index contributed by atoms with van der Waals surface area (Å²) in [6.07, 6.45) is 4.32. The molecule has 0 saturated heterocycles. The molecule has 7 nitrogen and oxygen atoms in total. The van der Waals surface area contributed by atoms with E-state index >= 15 is 0 Å². The third-order valence-electron chi connectivity index (χ3n) is 4.11. The fourth-order valence-corrected chi connectivity index (χ4v) is 2.71. The van der Waals surface area contributed by atoms with Crippen molar-refractivity contribution in [3.8, 4) is 0 Å². The van der Waals surface area contributed by atoms with Gasteiger partial charge in [0.15, 0.2) is 6.61 Å². The zero-order chi connectivity index (χ0) is 16.8.